The fourth-order valence-corrected chi connectivity index (χ4v) is 4.95. The van der Waals surface area contributed by atoms with Crippen molar-refractivity contribution in [2.45, 2.75) is 26.3 Å². The number of aryl methyl sites for hydroxylation is 2. The highest BCUT2D eigenvalue weighted by molar-refractivity contribution is 7.26. The maximum Gasteiger partial charge on any atom is 0.0454 e. The Morgan fingerprint density at radius 1 is 1.05 bits per heavy atom. The fourth-order valence-electron chi connectivity index (χ4n) is 2.72. The molecule has 20 heavy (non-hydrogen) atoms. The van der Waals surface area contributed by atoms with E-state index in [-0.39, 0.29) is 0 Å². The Morgan fingerprint density at radius 2 is 1.80 bits per heavy atom. The molecule has 3 aromatic rings. The van der Waals surface area contributed by atoms with E-state index in [1.807, 2.05) is 22.7 Å². The van der Waals surface area contributed by atoms with E-state index in [0.29, 0.717) is 6.04 Å². The number of fused-ring (bicyclic) bond motifs is 1. The molecule has 1 N–H and O–H groups in total. The van der Waals surface area contributed by atoms with Gasteiger partial charge in [0, 0.05) is 20.3 Å². The molecule has 0 amide bonds. The predicted molar refractivity (Wildman–Crippen MR) is 91.1 cm³/mol. The Hall–Kier alpha value is -1.16. The number of rotatable bonds is 4. The van der Waals surface area contributed by atoms with E-state index in [2.05, 4.69) is 61.9 Å². The second kappa shape index (κ2) is 5.68. The maximum absolute atomic E-state index is 3.47. The van der Waals surface area contributed by atoms with E-state index in [4.69, 9.17) is 0 Å². The molecular weight excluding hydrogens is 282 g/mol. The Bertz CT molecular complexity index is 675. The van der Waals surface area contributed by atoms with Crippen molar-refractivity contribution in [1.82, 2.24) is 5.32 Å². The minimum atomic E-state index is 0.404. The van der Waals surface area contributed by atoms with E-state index in [1.54, 1.807) is 0 Å². The molecule has 3 rings (SSSR count). The number of hydrogen-bond acceptors (Lipinski definition) is 3. The Labute approximate surface area is 128 Å². The minimum absolute atomic E-state index is 0.404. The molecule has 2 heterocycles. The molecule has 0 aliphatic carbocycles. The van der Waals surface area contributed by atoms with Gasteiger partial charge >= 0.3 is 0 Å². The normalized spacial score (nSPS) is 12.9. The van der Waals surface area contributed by atoms with Crippen LogP contribution in [0.5, 0.6) is 0 Å². The molecule has 0 bridgehead atoms. The molecule has 0 fully saturated rings. The van der Waals surface area contributed by atoms with Crippen LogP contribution in [0.1, 0.15) is 27.6 Å². The van der Waals surface area contributed by atoms with E-state index in [9.17, 15) is 0 Å². The van der Waals surface area contributed by atoms with E-state index >= 15 is 0 Å². The molecular formula is C17H19NS2. The van der Waals surface area contributed by atoms with Gasteiger partial charge in [-0.1, -0.05) is 29.3 Å². The summed E-state index contributed by atoms with van der Waals surface area (Å²) in [5.74, 6) is 0. The SMILES string of the molecule is CNC(Cc1cc(C)cc(C)c1)c1cc2sccc2s1. The van der Waals surface area contributed by atoms with Crippen LogP contribution in [0.25, 0.3) is 9.40 Å². The smallest absolute Gasteiger partial charge is 0.0454 e. The average Bonchev–Trinajstić information content (AvgIpc) is 2.95. The lowest BCUT2D eigenvalue weighted by molar-refractivity contribution is 0.602. The van der Waals surface area contributed by atoms with Crippen molar-refractivity contribution in [3.63, 3.8) is 0 Å². The van der Waals surface area contributed by atoms with Crippen LogP contribution in [-0.4, -0.2) is 7.05 Å². The summed E-state index contributed by atoms with van der Waals surface area (Å²) < 4.78 is 2.82. The highest BCUT2D eigenvalue weighted by Gasteiger charge is 2.14. The molecule has 0 aliphatic heterocycles. The Balaban J connectivity index is 1.88. The molecule has 0 spiro atoms. The number of nitrogens with one attached hydrogen (secondary N) is 1. The van der Waals surface area contributed by atoms with Gasteiger partial charge in [0.15, 0.2) is 0 Å². The van der Waals surface area contributed by atoms with Gasteiger partial charge in [-0.05, 0) is 50.4 Å². The lowest BCUT2D eigenvalue weighted by Crippen LogP contribution is -2.17. The van der Waals surface area contributed by atoms with Crippen LogP contribution in [0.3, 0.4) is 0 Å². The zero-order chi connectivity index (χ0) is 14.1. The second-order valence-electron chi connectivity index (χ2n) is 5.34. The van der Waals surface area contributed by atoms with Gasteiger partial charge < -0.3 is 5.32 Å². The van der Waals surface area contributed by atoms with Crippen LogP contribution >= 0.6 is 22.7 Å². The first-order chi connectivity index (χ1) is 9.65. The molecule has 0 radical (unpaired) electrons. The largest absolute Gasteiger partial charge is 0.312 e. The first-order valence-corrected chi connectivity index (χ1v) is 8.56. The first kappa shape index (κ1) is 13.8. The Kier molecular flexibility index (Phi) is 3.92. The van der Waals surface area contributed by atoms with Crippen molar-refractivity contribution in [3.8, 4) is 0 Å². The highest BCUT2D eigenvalue weighted by atomic mass is 32.1. The summed E-state index contributed by atoms with van der Waals surface area (Å²) in [5.41, 5.74) is 4.11. The highest BCUT2D eigenvalue weighted by Crippen LogP contribution is 2.34. The second-order valence-corrected chi connectivity index (χ2v) is 7.40. The van der Waals surface area contributed by atoms with Crippen LogP contribution in [0.4, 0.5) is 0 Å². The quantitative estimate of drug-likeness (QED) is 0.708. The third-order valence-corrected chi connectivity index (χ3v) is 5.78. The zero-order valence-corrected chi connectivity index (χ0v) is 13.7. The van der Waals surface area contributed by atoms with Crippen molar-refractivity contribution < 1.29 is 0 Å². The van der Waals surface area contributed by atoms with Gasteiger partial charge in [-0.15, -0.1) is 22.7 Å². The summed E-state index contributed by atoms with van der Waals surface area (Å²) in [5, 5.41) is 5.64. The standard InChI is InChI=1S/C17H19NS2/c1-11-6-12(2)8-13(7-11)9-14(18-3)16-10-17-15(20-16)4-5-19-17/h4-8,10,14,18H,9H2,1-3H3. The molecule has 1 atom stereocenters. The topological polar surface area (TPSA) is 12.0 Å². The average molecular weight is 301 g/mol. The summed E-state index contributed by atoms with van der Waals surface area (Å²) in [4.78, 5) is 1.44. The van der Waals surface area contributed by atoms with Crippen molar-refractivity contribution in [2.24, 2.45) is 0 Å². The summed E-state index contributed by atoms with van der Waals surface area (Å²) in [6.45, 7) is 4.35. The van der Waals surface area contributed by atoms with Gasteiger partial charge in [-0.25, -0.2) is 0 Å². The van der Waals surface area contributed by atoms with Gasteiger partial charge in [0.1, 0.15) is 0 Å². The molecule has 1 nitrogen and oxygen atoms in total. The lowest BCUT2D eigenvalue weighted by atomic mass is 10.0. The van der Waals surface area contributed by atoms with Crippen LogP contribution < -0.4 is 5.32 Å². The number of benzene rings is 1. The lowest BCUT2D eigenvalue weighted by Gasteiger charge is -2.15. The molecule has 0 saturated carbocycles. The third-order valence-electron chi connectivity index (χ3n) is 3.57. The monoisotopic (exact) mass is 301 g/mol. The van der Waals surface area contributed by atoms with Crippen molar-refractivity contribution >= 4 is 32.1 Å². The fraction of sp³-hybridized carbons (Fsp3) is 0.294. The molecule has 0 saturated heterocycles. The molecule has 104 valence electrons. The molecule has 2 aromatic heterocycles. The summed E-state index contributed by atoms with van der Waals surface area (Å²) in [6.07, 6.45) is 1.05. The van der Waals surface area contributed by atoms with Gasteiger partial charge in [0.05, 0.1) is 0 Å². The molecule has 1 unspecified atom stereocenters. The van der Waals surface area contributed by atoms with Crippen LogP contribution in [0.2, 0.25) is 0 Å². The first-order valence-electron chi connectivity index (χ1n) is 6.87. The van der Waals surface area contributed by atoms with Gasteiger partial charge in [-0.2, -0.15) is 0 Å². The van der Waals surface area contributed by atoms with Gasteiger partial charge in [0.2, 0.25) is 0 Å². The zero-order valence-electron chi connectivity index (χ0n) is 12.1. The third kappa shape index (κ3) is 2.80. The molecule has 0 aliphatic rings. The van der Waals surface area contributed by atoms with Crippen molar-refractivity contribution in [2.75, 3.05) is 7.05 Å². The van der Waals surface area contributed by atoms with Crippen LogP contribution in [-0.2, 0) is 6.42 Å². The van der Waals surface area contributed by atoms with E-state index in [1.165, 1.54) is 31.0 Å². The predicted octanol–water partition coefficient (Wildman–Crippen LogP) is 5.08. The summed E-state index contributed by atoms with van der Waals surface area (Å²) in [6, 6.07) is 11.8. The maximum atomic E-state index is 3.47. The van der Waals surface area contributed by atoms with Crippen LogP contribution in [0.15, 0.2) is 35.7 Å². The minimum Gasteiger partial charge on any atom is -0.312 e. The van der Waals surface area contributed by atoms with E-state index < -0.39 is 0 Å². The van der Waals surface area contributed by atoms with Gasteiger partial charge in [-0.3, -0.25) is 0 Å². The summed E-state index contributed by atoms with van der Waals surface area (Å²) >= 11 is 3.74. The van der Waals surface area contributed by atoms with Crippen LogP contribution in [0, 0.1) is 13.8 Å². The van der Waals surface area contributed by atoms with E-state index in [0.717, 1.165) is 6.42 Å². The Morgan fingerprint density at radius 3 is 2.45 bits per heavy atom. The van der Waals surface area contributed by atoms with Crippen molar-refractivity contribution in [1.29, 1.82) is 0 Å². The molecule has 1 aromatic carbocycles. The summed E-state index contributed by atoms with van der Waals surface area (Å²) in [7, 11) is 2.06. The number of hydrogen-bond donors (Lipinski definition) is 1. The number of likely N-dealkylation sites (N-methyl/N-ethyl adjacent to an activating group) is 1. The number of thiophene rings is 2. The van der Waals surface area contributed by atoms with Gasteiger partial charge in [0.25, 0.3) is 0 Å². The van der Waals surface area contributed by atoms with Crippen molar-refractivity contribution in [3.05, 3.63) is 57.3 Å². The molecule has 3 heteroatoms.